The number of para-hydroxylation sites is 1. The lowest BCUT2D eigenvalue weighted by atomic mass is 10.1. The standard InChI is InChI=1S/C27H29N5O2/c1-20-6-5-13-32-18-22(28-26(20)32)19-34-25-8-4-3-7-24(25)27(33)29-21-9-11-23(12-10-21)31-16-14-30(2)15-17-31/h3-13,18H,14-17,19H2,1-2H3,(H,29,33). The topological polar surface area (TPSA) is 62.1 Å². The average molecular weight is 456 g/mol. The Bertz CT molecular complexity index is 1290. The fourth-order valence-corrected chi connectivity index (χ4v) is 4.22. The van der Waals surface area contributed by atoms with Crippen molar-refractivity contribution in [3.05, 3.63) is 89.9 Å². The van der Waals surface area contributed by atoms with Crippen LogP contribution in [0.3, 0.4) is 0 Å². The van der Waals surface area contributed by atoms with Crippen molar-refractivity contribution < 1.29 is 9.53 Å². The Hall–Kier alpha value is -3.84. The molecule has 0 bridgehead atoms. The first-order valence-corrected chi connectivity index (χ1v) is 11.6. The van der Waals surface area contributed by atoms with E-state index in [-0.39, 0.29) is 12.5 Å². The minimum Gasteiger partial charge on any atom is -0.486 e. The van der Waals surface area contributed by atoms with Crippen molar-refractivity contribution in [3.63, 3.8) is 0 Å². The van der Waals surface area contributed by atoms with E-state index < -0.39 is 0 Å². The van der Waals surface area contributed by atoms with Gasteiger partial charge in [0, 0.05) is 49.9 Å². The van der Waals surface area contributed by atoms with Crippen molar-refractivity contribution in [2.75, 3.05) is 43.4 Å². The van der Waals surface area contributed by atoms with Gasteiger partial charge in [0.15, 0.2) is 0 Å². The maximum Gasteiger partial charge on any atom is 0.259 e. The molecule has 3 heterocycles. The smallest absolute Gasteiger partial charge is 0.259 e. The highest BCUT2D eigenvalue weighted by atomic mass is 16.5. The normalized spacial score (nSPS) is 14.4. The van der Waals surface area contributed by atoms with Crippen molar-refractivity contribution in [1.82, 2.24) is 14.3 Å². The van der Waals surface area contributed by atoms with Crippen LogP contribution in [0, 0.1) is 6.92 Å². The molecular formula is C27H29N5O2. The average Bonchev–Trinajstić information content (AvgIpc) is 3.29. The van der Waals surface area contributed by atoms with Crippen LogP contribution in [0.1, 0.15) is 21.6 Å². The van der Waals surface area contributed by atoms with Crippen LogP contribution < -0.4 is 15.0 Å². The summed E-state index contributed by atoms with van der Waals surface area (Å²) in [6, 6.07) is 19.3. The molecule has 4 aromatic rings. The number of pyridine rings is 1. The van der Waals surface area contributed by atoms with Gasteiger partial charge in [0.1, 0.15) is 18.0 Å². The predicted octanol–water partition coefficient (Wildman–Crippen LogP) is 4.23. The zero-order valence-corrected chi connectivity index (χ0v) is 19.6. The number of amides is 1. The fraction of sp³-hybridized carbons (Fsp3) is 0.259. The summed E-state index contributed by atoms with van der Waals surface area (Å²) in [4.78, 5) is 22.4. The van der Waals surface area contributed by atoms with Crippen LogP contribution in [0.5, 0.6) is 5.75 Å². The van der Waals surface area contributed by atoms with Gasteiger partial charge in [-0.05, 0) is 62.0 Å². The second-order valence-corrected chi connectivity index (χ2v) is 8.73. The Balaban J connectivity index is 1.25. The Morgan fingerprint density at radius 2 is 1.76 bits per heavy atom. The molecule has 0 radical (unpaired) electrons. The monoisotopic (exact) mass is 455 g/mol. The molecular weight excluding hydrogens is 426 g/mol. The maximum atomic E-state index is 13.0. The summed E-state index contributed by atoms with van der Waals surface area (Å²) in [5.74, 6) is 0.330. The summed E-state index contributed by atoms with van der Waals surface area (Å²) in [6.07, 6.45) is 3.92. The number of nitrogens with zero attached hydrogens (tertiary/aromatic N) is 4. The zero-order chi connectivity index (χ0) is 23.5. The third-order valence-corrected chi connectivity index (χ3v) is 6.23. The number of aromatic nitrogens is 2. The van der Waals surface area contributed by atoms with Gasteiger partial charge in [0.2, 0.25) is 0 Å². The van der Waals surface area contributed by atoms with Crippen LogP contribution >= 0.6 is 0 Å². The molecule has 1 N–H and O–H groups in total. The number of ether oxygens (including phenoxy) is 1. The Kier molecular flexibility index (Phi) is 6.18. The third kappa shape index (κ3) is 4.75. The lowest BCUT2D eigenvalue weighted by Crippen LogP contribution is -2.44. The lowest BCUT2D eigenvalue weighted by Gasteiger charge is -2.34. The van der Waals surface area contributed by atoms with Crippen LogP contribution in [0.4, 0.5) is 11.4 Å². The van der Waals surface area contributed by atoms with Gasteiger partial charge in [-0.25, -0.2) is 4.98 Å². The first-order chi connectivity index (χ1) is 16.6. The minimum atomic E-state index is -0.200. The highest BCUT2D eigenvalue weighted by Gasteiger charge is 2.16. The van der Waals surface area contributed by atoms with Crippen LogP contribution in [-0.2, 0) is 6.61 Å². The predicted molar refractivity (Wildman–Crippen MR) is 135 cm³/mol. The Morgan fingerprint density at radius 1 is 1.00 bits per heavy atom. The number of likely N-dealkylation sites (N-methyl/N-ethyl adjacent to an activating group) is 1. The van der Waals surface area contributed by atoms with E-state index in [0.717, 1.165) is 48.8 Å². The van der Waals surface area contributed by atoms with E-state index in [1.54, 1.807) is 6.07 Å². The van der Waals surface area contributed by atoms with E-state index in [4.69, 9.17) is 4.74 Å². The summed E-state index contributed by atoms with van der Waals surface area (Å²) in [6.45, 7) is 6.46. The molecule has 2 aromatic heterocycles. The van der Waals surface area contributed by atoms with E-state index in [9.17, 15) is 4.79 Å². The number of imidazole rings is 1. The lowest BCUT2D eigenvalue weighted by molar-refractivity contribution is 0.102. The number of nitrogens with one attached hydrogen (secondary N) is 1. The van der Waals surface area contributed by atoms with E-state index in [1.807, 2.05) is 66.2 Å². The first-order valence-electron chi connectivity index (χ1n) is 11.6. The van der Waals surface area contributed by atoms with E-state index in [0.29, 0.717) is 11.3 Å². The summed E-state index contributed by atoms with van der Waals surface area (Å²) in [5, 5.41) is 3.00. The van der Waals surface area contributed by atoms with Gasteiger partial charge in [-0.3, -0.25) is 4.79 Å². The SMILES string of the molecule is Cc1cccn2cc(COc3ccccc3C(=O)Nc3ccc(N4CCN(C)CC4)cc3)nc12. The van der Waals surface area contributed by atoms with Crippen molar-refractivity contribution >= 4 is 22.9 Å². The molecule has 5 rings (SSSR count). The maximum absolute atomic E-state index is 13.0. The highest BCUT2D eigenvalue weighted by molar-refractivity contribution is 6.06. The summed E-state index contributed by atoms with van der Waals surface area (Å²) >= 11 is 0. The molecule has 7 heteroatoms. The van der Waals surface area contributed by atoms with Crippen molar-refractivity contribution in [2.24, 2.45) is 0 Å². The summed E-state index contributed by atoms with van der Waals surface area (Å²) in [7, 11) is 2.15. The number of hydrogen-bond acceptors (Lipinski definition) is 5. The Labute approximate surface area is 199 Å². The molecule has 0 spiro atoms. The summed E-state index contributed by atoms with van der Waals surface area (Å²) in [5.41, 5.74) is 5.25. The van der Waals surface area contributed by atoms with Crippen molar-refractivity contribution in [3.8, 4) is 5.75 Å². The van der Waals surface area contributed by atoms with Gasteiger partial charge < -0.3 is 24.3 Å². The van der Waals surface area contributed by atoms with Crippen molar-refractivity contribution in [2.45, 2.75) is 13.5 Å². The molecule has 1 amide bonds. The molecule has 7 nitrogen and oxygen atoms in total. The summed E-state index contributed by atoms with van der Waals surface area (Å²) < 4.78 is 8.00. The molecule has 0 saturated carbocycles. The number of carbonyl (C=O) groups excluding carboxylic acids is 1. The molecule has 174 valence electrons. The zero-order valence-electron chi connectivity index (χ0n) is 19.6. The molecule has 1 aliphatic heterocycles. The van der Waals surface area contributed by atoms with Crippen molar-refractivity contribution in [1.29, 1.82) is 0 Å². The molecule has 0 atom stereocenters. The Morgan fingerprint density at radius 3 is 2.53 bits per heavy atom. The van der Waals surface area contributed by atoms with E-state index in [1.165, 1.54) is 5.69 Å². The molecule has 34 heavy (non-hydrogen) atoms. The second-order valence-electron chi connectivity index (χ2n) is 8.73. The number of rotatable bonds is 6. The number of aryl methyl sites for hydroxylation is 1. The molecule has 2 aromatic carbocycles. The van der Waals surface area contributed by atoms with Gasteiger partial charge in [0.05, 0.1) is 11.3 Å². The largest absolute Gasteiger partial charge is 0.486 e. The van der Waals surface area contributed by atoms with Gasteiger partial charge >= 0.3 is 0 Å². The minimum absolute atomic E-state index is 0.200. The third-order valence-electron chi connectivity index (χ3n) is 6.23. The number of carbonyl (C=O) groups is 1. The molecule has 0 unspecified atom stereocenters. The number of hydrogen-bond donors (Lipinski definition) is 1. The number of fused-ring (bicyclic) bond motifs is 1. The highest BCUT2D eigenvalue weighted by Crippen LogP contribution is 2.23. The van der Waals surface area contributed by atoms with Gasteiger partial charge in [-0.15, -0.1) is 0 Å². The molecule has 1 fully saturated rings. The van der Waals surface area contributed by atoms with Gasteiger partial charge in [-0.1, -0.05) is 18.2 Å². The van der Waals surface area contributed by atoms with Gasteiger partial charge in [0.25, 0.3) is 5.91 Å². The molecule has 1 aliphatic rings. The van der Waals surface area contributed by atoms with E-state index >= 15 is 0 Å². The first kappa shape index (κ1) is 22.0. The van der Waals surface area contributed by atoms with E-state index in [2.05, 4.69) is 39.3 Å². The quantitative estimate of drug-likeness (QED) is 0.472. The van der Waals surface area contributed by atoms with Crippen LogP contribution in [0.15, 0.2) is 73.1 Å². The van der Waals surface area contributed by atoms with Gasteiger partial charge in [-0.2, -0.15) is 0 Å². The van der Waals surface area contributed by atoms with Crippen LogP contribution in [0.2, 0.25) is 0 Å². The fourth-order valence-electron chi connectivity index (χ4n) is 4.22. The number of benzene rings is 2. The van der Waals surface area contributed by atoms with Crippen LogP contribution in [0.25, 0.3) is 5.65 Å². The second kappa shape index (κ2) is 9.57. The van der Waals surface area contributed by atoms with Crippen LogP contribution in [-0.4, -0.2) is 53.4 Å². The number of piperazine rings is 1. The molecule has 0 aliphatic carbocycles. The number of anilines is 2. The molecule has 1 saturated heterocycles.